The number of amides is 1. The molecule has 0 spiro atoms. The Kier molecular flexibility index (Phi) is 6.03. The van der Waals surface area contributed by atoms with Gasteiger partial charge < -0.3 is 14.4 Å². The molecule has 2 aliphatic heterocycles. The Morgan fingerprint density at radius 3 is 2.69 bits per heavy atom. The predicted octanol–water partition coefficient (Wildman–Crippen LogP) is 4.18. The first-order valence-electron chi connectivity index (χ1n) is 11.6. The van der Waals surface area contributed by atoms with Crippen LogP contribution < -0.4 is 4.90 Å². The Morgan fingerprint density at radius 2 is 2.00 bits per heavy atom. The van der Waals surface area contributed by atoms with Crippen LogP contribution in [0.2, 0.25) is 5.02 Å². The van der Waals surface area contributed by atoms with Crippen molar-refractivity contribution in [3.63, 3.8) is 0 Å². The predicted molar refractivity (Wildman–Crippen MR) is 126 cm³/mol. The lowest BCUT2D eigenvalue weighted by molar-refractivity contribution is -0.148. The highest BCUT2D eigenvalue weighted by Crippen LogP contribution is 2.37. The lowest BCUT2D eigenvalue weighted by Gasteiger charge is -2.40. The van der Waals surface area contributed by atoms with Crippen molar-refractivity contribution in [2.75, 3.05) is 24.5 Å². The zero-order valence-electron chi connectivity index (χ0n) is 19.7. The molecule has 1 amide bonds. The highest BCUT2D eigenvalue weighted by atomic mass is 35.5. The molecular formula is C24H23ClF3N7O. The van der Waals surface area contributed by atoms with E-state index in [2.05, 4.69) is 26.2 Å². The van der Waals surface area contributed by atoms with Crippen LogP contribution in [0.25, 0.3) is 10.9 Å². The van der Waals surface area contributed by atoms with E-state index in [-0.39, 0.29) is 43.2 Å². The Morgan fingerprint density at radius 1 is 1.22 bits per heavy atom. The van der Waals surface area contributed by atoms with E-state index < -0.39 is 12.0 Å². The quantitative estimate of drug-likeness (QED) is 0.506. The Balaban J connectivity index is 1.36. The van der Waals surface area contributed by atoms with Gasteiger partial charge in [-0.1, -0.05) is 18.5 Å². The summed E-state index contributed by atoms with van der Waals surface area (Å²) >= 11 is 6.25. The molecule has 4 heterocycles. The summed E-state index contributed by atoms with van der Waals surface area (Å²) in [5.41, 5.74) is 2.62. The van der Waals surface area contributed by atoms with Crippen LogP contribution in [0.1, 0.15) is 36.3 Å². The van der Waals surface area contributed by atoms with Gasteiger partial charge in [-0.15, -0.1) is 10.2 Å². The fourth-order valence-electron chi connectivity index (χ4n) is 5.31. The number of aromatic nitrogens is 4. The van der Waals surface area contributed by atoms with Crippen molar-refractivity contribution >= 4 is 34.1 Å². The third-order valence-corrected chi connectivity index (χ3v) is 7.30. The van der Waals surface area contributed by atoms with Crippen molar-refractivity contribution < 1.29 is 18.0 Å². The second-order valence-corrected chi connectivity index (χ2v) is 9.80. The maximum Gasteiger partial charge on any atom is 0.451 e. The van der Waals surface area contributed by atoms with Crippen LogP contribution in [0.5, 0.6) is 0 Å². The molecule has 0 aliphatic carbocycles. The monoisotopic (exact) mass is 517 g/mol. The van der Waals surface area contributed by atoms with E-state index in [1.165, 1.54) is 0 Å². The fraction of sp³-hybridized carbons (Fsp3) is 0.458. The molecule has 5 rings (SSSR count). The van der Waals surface area contributed by atoms with E-state index in [1.54, 1.807) is 24.0 Å². The fourth-order valence-corrected chi connectivity index (χ4v) is 5.48. The zero-order chi connectivity index (χ0) is 25.8. The zero-order valence-corrected chi connectivity index (χ0v) is 20.4. The number of aryl methyl sites for hydroxylation is 1. The van der Waals surface area contributed by atoms with Gasteiger partial charge in [-0.3, -0.25) is 9.78 Å². The van der Waals surface area contributed by atoms with E-state index >= 15 is 0 Å². The van der Waals surface area contributed by atoms with Crippen LogP contribution >= 0.6 is 11.6 Å². The largest absolute Gasteiger partial charge is 0.451 e. The summed E-state index contributed by atoms with van der Waals surface area (Å²) in [6.45, 7) is 5.05. The number of nitriles is 1. The summed E-state index contributed by atoms with van der Waals surface area (Å²) in [4.78, 5) is 21.6. The average Bonchev–Trinajstić information content (AvgIpc) is 3.27. The summed E-state index contributed by atoms with van der Waals surface area (Å²) in [7, 11) is 0. The molecule has 3 aromatic rings. The molecule has 2 aromatic heterocycles. The molecule has 1 aromatic carbocycles. The average molecular weight is 518 g/mol. The number of hydrogen-bond donors (Lipinski definition) is 0. The Bertz CT molecular complexity index is 1400. The molecule has 36 heavy (non-hydrogen) atoms. The maximum absolute atomic E-state index is 13.4. The van der Waals surface area contributed by atoms with Gasteiger partial charge in [-0.2, -0.15) is 18.4 Å². The Hall–Kier alpha value is -3.39. The van der Waals surface area contributed by atoms with Crippen LogP contribution in [0, 0.1) is 30.1 Å². The van der Waals surface area contributed by atoms with Gasteiger partial charge >= 0.3 is 6.18 Å². The number of halogens is 4. The number of carbonyl (C=O) groups is 1. The minimum Gasteiger partial charge on any atom is -0.370 e. The number of hydrogen-bond acceptors (Lipinski definition) is 6. The molecule has 0 saturated carbocycles. The summed E-state index contributed by atoms with van der Waals surface area (Å²) in [6.07, 6.45) is -4.04. The summed E-state index contributed by atoms with van der Waals surface area (Å²) < 4.78 is 40.5. The minimum absolute atomic E-state index is 0.000113. The van der Waals surface area contributed by atoms with Crippen molar-refractivity contribution in [2.24, 2.45) is 11.8 Å². The molecule has 0 radical (unpaired) electrons. The van der Waals surface area contributed by atoms with E-state index in [9.17, 15) is 23.2 Å². The smallest absolute Gasteiger partial charge is 0.370 e. The first-order valence-corrected chi connectivity index (χ1v) is 12.0. The normalized spacial score (nSPS) is 20.4. The molecule has 1 saturated heterocycles. The lowest BCUT2D eigenvalue weighted by atomic mass is 9.85. The van der Waals surface area contributed by atoms with Gasteiger partial charge in [0.25, 0.3) is 0 Å². The SMILES string of the molecule is Cc1nc2ccc(Cl)cc2c(N2CC[C@H](C(=O)N3CCn4c(nnc4C(F)(F)F)C3)[C@H](C)C2)c1C#N. The number of anilines is 1. The molecule has 12 heteroatoms. The first-order chi connectivity index (χ1) is 17.1. The highest BCUT2D eigenvalue weighted by Gasteiger charge is 2.41. The maximum atomic E-state index is 13.4. The van der Waals surface area contributed by atoms with Gasteiger partial charge in [0.05, 0.1) is 29.0 Å². The van der Waals surface area contributed by atoms with Crippen LogP contribution in [-0.4, -0.2) is 50.2 Å². The standard InChI is InChI=1S/C24H23ClF3N7O/c1-13-11-33(21-17-9-15(25)3-4-19(17)30-14(2)18(21)10-29)6-5-16(13)22(36)34-7-8-35-20(12-34)31-32-23(35)24(26,27)28/h3-4,9,13,16H,5-8,11-12H2,1-2H3/t13-,16+/m1/s1. The molecule has 0 unspecified atom stereocenters. The summed E-state index contributed by atoms with van der Waals surface area (Å²) in [6, 6.07) is 7.67. The topological polar surface area (TPSA) is 90.9 Å². The number of benzene rings is 1. The second-order valence-electron chi connectivity index (χ2n) is 9.36. The van der Waals surface area contributed by atoms with Crippen LogP contribution in [0.15, 0.2) is 18.2 Å². The van der Waals surface area contributed by atoms with E-state index in [1.807, 2.05) is 13.0 Å². The molecule has 2 aliphatic rings. The summed E-state index contributed by atoms with van der Waals surface area (Å²) in [5.74, 6) is -1.32. The number of rotatable bonds is 2. The molecular weight excluding hydrogens is 495 g/mol. The van der Waals surface area contributed by atoms with Crippen molar-refractivity contribution in [3.8, 4) is 6.07 Å². The van der Waals surface area contributed by atoms with Crippen LogP contribution in [0.3, 0.4) is 0 Å². The molecule has 1 fully saturated rings. The lowest BCUT2D eigenvalue weighted by Crippen LogP contribution is -2.49. The highest BCUT2D eigenvalue weighted by molar-refractivity contribution is 6.31. The van der Waals surface area contributed by atoms with E-state index in [0.29, 0.717) is 35.8 Å². The third-order valence-electron chi connectivity index (χ3n) is 7.07. The number of piperidine rings is 1. The van der Waals surface area contributed by atoms with Gasteiger partial charge in [0.1, 0.15) is 6.07 Å². The molecule has 188 valence electrons. The minimum atomic E-state index is -4.58. The molecule has 2 atom stereocenters. The number of fused-ring (bicyclic) bond motifs is 2. The molecule has 8 nitrogen and oxygen atoms in total. The van der Waals surface area contributed by atoms with Gasteiger partial charge in [0.2, 0.25) is 11.7 Å². The first kappa shape index (κ1) is 24.3. The summed E-state index contributed by atoms with van der Waals surface area (Å²) in [5, 5.41) is 18.2. The second kappa shape index (κ2) is 8.92. The van der Waals surface area contributed by atoms with E-state index in [0.717, 1.165) is 21.2 Å². The number of pyridine rings is 1. The number of carbonyl (C=O) groups excluding carboxylic acids is 1. The molecule has 0 N–H and O–H groups in total. The molecule has 0 bridgehead atoms. The van der Waals surface area contributed by atoms with E-state index in [4.69, 9.17) is 11.6 Å². The Labute approximate surface area is 210 Å². The van der Waals surface area contributed by atoms with Gasteiger partial charge in [0, 0.05) is 42.5 Å². The van der Waals surface area contributed by atoms with Crippen LogP contribution in [0.4, 0.5) is 18.9 Å². The number of alkyl halides is 3. The van der Waals surface area contributed by atoms with Gasteiger partial charge in [0.15, 0.2) is 5.82 Å². The van der Waals surface area contributed by atoms with Crippen molar-refractivity contribution in [1.29, 1.82) is 5.26 Å². The van der Waals surface area contributed by atoms with Gasteiger partial charge in [-0.05, 0) is 37.5 Å². The van der Waals surface area contributed by atoms with Crippen LogP contribution in [-0.2, 0) is 24.1 Å². The van der Waals surface area contributed by atoms with Crippen molar-refractivity contribution in [1.82, 2.24) is 24.6 Å². The van der Waals surface area contributed by atoms with Crippen molar-refractivity contribution in [3.05, 3.63) is 46.1 Å². The van der Waals surface area contributed by atoms with Gasteiger partial charge in [-0.25, -0.2) is 0 Å². The third kappa shape index (κ3) is 4.13. The number of nitrogens with zero attached hydrogens (tertiary/aromatic N) is 7. The van der Waals surface area contributed by atoms with Crippen molar-refractivity contribution in [2.45, 2.75) is 39.5 Å².